The first-order valence-corrected chi connectivity index (χ1v) is 8.18. The number of aromatic nitrogens is 3. The van der Waals surface area contributed by atoms with Crippen molar-refractivity contribution in [2.75, 3.05) is 6.61 Å². The van der Waals surface area contributed by atoms with Crippen molar-refractivity contribution >= 4 is 18.1 Å². The van der Waals surface area contributed by atoms with E-state index in [4.69, 9.17) is 17.0 Å². The maximum Gasteiger partial charge on any atom is 0.220 e. The van der Waals surface area contributed by atoms with Gasteiger partial charge in [-0.1, -0.05) is 18.2 Å². The van der Waals surface area contributed by atoms with Gasteiger partial charge in [-0.15, -0.1) is 0 Å². The summed E-state index contributed by atoms with van der Waals surface area (Å²) in [6.07, 6.45) is 1.05. The number of aromatic amines is 1. The molecule has 0 unspecified atom stereocenters. The molecule has 0 spiro atoms. The number of benzene rings is 1. The van der Waals surface area contributed by atoms with Crippen LogP contribution in [0, 0.1) is 4.77 Å². The lowest BCUT2D eigenvalue weighted by Gasteiger charge is -2.10. The Morgan fingerprint density at radius 1 is 1.39 bits per heavy atom. The highest BCUT2D eigenvalue weighted by molar-refractivity contribution is 7.71. The molecule has 2 N–H and O–H groups in total. The van der Waals surface area contributed by atoms with Gasteiger partial charge in [0.1, 0.15) is 5.75 Å². The Labute approximate surface area is 140 Å². The number of nitrogens with one attached hydrogen (secondary N) is 2. The maximum absolute atomic E-state index is 12.0. The number of hydrogen-bond donors (Lipinski definition) is 2. The number of hydrogen-bond acceptors (Lipinski definition) is 4. The zero-order chi connectivity index (χ0) is 16.7. The molecule has 0 saturated carbocycles. The molecule has 0 fully saturated rings. The normalized spacial score (nSPS) is 10.5. The van der Waals surface area contributed by atoms with Crippen LogP contribution in [0.4, 0.5) is 0 Å². The van der Waals surface area contributed by atoms with E-state index in [1.807, 2.05) is 42.7 Å². The minimum atomic E-state index is -0.0205. The van der Waals surface area contributed by atoms with Crippen LogP contribution < -0.4 is 10.1 Å². The van der Waals surface area contributed by atoms with Crippen molar-refractivity contribution in [2.45, 2.75) is 39.8 Å². The van der Waals surface area contributed by atoms with Crippen molar-refractivity contribution in [2.24, 2.45) is 0 Å². The first-order valence-electron chi connectivity index (χ1n) is 7.77. The Hall–Kier alpha value is -2.15. The Bertz CT molecular complexity index is 708. The summed E-state index contributed by atoms with van der Waals surface area (Å²) < 4.78 is 8.00. The van der Waals surface area contributed by atoms with Gasteiger partial charge in [-0.2, -0.15) is 5.10 Å². The molecule has 0 saturated heterocycles. The molecule has 0 bridgehead atoms. The van der Waals surface area contributed by atoms with E-state index in [1.54, 1.807) is 0 Å². The molecule has 0 radical (unpaired) electrons. The molecular weight excluding hydrogens is 312 g/mol. The minimum Gasteiger partial charge on any atom is -0.494 e. The van der Waals surface area contributed by atoms with E-state index >= 15 is 0 Å². The third-order valence-corrected chi connectivity index (χ3v) is 3.80. The summed E-state index contributed by atoms with van der Waals surface area (Å²) in [5, 5.41) is 9.74. The van der Waals surface area contributed by atoms with Crippen molar-refractivity contribution < 1.29 is 9.53 Å². The minimum absolute atomic E-state index is 0.0205. The van der Waals surface area contributed by atoms with Crippen LogP contribution >= 0.6 is 12.2 Å². The molecule has 23 heavy (non-hydrogen) atoms. The summed E-state index contributed by atoms with van der Waals surface area (Å²) in [5.74, 6) is 1.56. The fourth-order valence-corrected chi connectivity index (χ4v) is 2.61. The number of carbonyl (C=O) groups excluding carboxylic acids is 1. The van der Waals surface area contributed by atoms with Crippen LogP contribution in [0.1, 0.15) is 31.7 Å². The average Bonchev–Trinajstić information content (AvgIpc) is 2.92. The number of nitrogens with zero attached hydrogens (tertiary/aromatic N) is 2. The van der Waals surface area contributed by atoms with Crippen molar-refractivity contribution in [3.63, 3.8) is 0 Å². The fraction of sp³-hybridized carbons (Fsp3) is 0.438. The highest BCUT2D eigenvalue weighted by atomic mass is 32.1. The molecule has 124 valence electrons. The van der Waals surface area contributed by atoms with Crippen molar-refractivity contribution in [1.82, 2.24) is 20.1 Å². The monoisotopic (exact) mass is 334 g/mol. The molecule has 1 aromatic carbocycles. The van der Waals surface area contributed by atoms with E-state index in [2.05, 4.69) is 15.5 Å². The van der Waals surface area contributed by atoms with Gasteiger partial charge in [0.25, 0.3) is 0 Å². The number of para-hydroxylation sites is 1. The second-order valence-corrected chi connectivity index (χ2v) is 5.39. The third-order valence-electron chi connectivity index (χ3n) is 3.49. The molecule has 0 atom stereocenters. The standard InChI is InChI=1S/C16H22N4O2S/c1-3-20-14(18-19-16(20)23)11-17-15(21)10-9-12-7-5-6-8-13(12)22-4-2/h5-8H,3-4,9-11H2,1-2H3,(H,17,21)(H,19,23). The summed E-state index contributed by atoms with van der Waals surface area (Å²) >= 11 is 5.12. The Morgan fingerprint density at radius 2 is 2.17 bits per heavy atom. The van der Waals surface area contributed by atoms with E-state index < -0.39 is 0 Å². The first kappa shape index (κ1) is 17.2. The predicted octanol–water partition coefficient (Wildman–Crippen LogP) is 2.61. The molecule has 6 nitrogen and oxygen atoms in total. The molecule has 1 aromatic heterocycles. The Kier molecular flexibility index (Phi) is 6.34. The number of aryl methyl sites for hydroxylation is 1. The Morgan fingerprint density at radius 3 is 2.91 bits per heavy atom. The van der Waals surface area contributed by atoms with Crippen molar-refractivity contribution in [3.05, 3.63) is 40.4 Å². The molecule has 0 aliphatic carbocycles. The summed E-state index contributed by atoms with van der Waals surface area (Å²) in [6.45, 7) is 5.64. The molecule has 7 heteroatoms. The molecule has 0 aliphatic heterocycles. The largest absolute Gasteiger partial charge is 0.494 e. The van der Waals surface area contributed by atoms with Gasteiger partial charge in [-0.25, -0.2) is 0 Å². The zero-order valence-electron chi connectivity index (χ0n) is 13.5. The van der Waals surface area contributed by atoms with Gasteiger partial charge in [0.15, 0.2) is 10.6 Å². The summed E-state index contributed by atoms with van der Waals surface area (Å²) in [5.41, 5.74) is 1.04. The van der Waals surface area contributed by atoms with Crippen LogP contribution in [0.3, 0.4) is 0 Å². The van der Waals surface area contributed by atoms with E-state index in [0.29, 0.717) is 30.8 Å². The lowest BCUT2D eigenvalue weighted by molar-refractivity contribution is -0.121. The lowest BCUT2D eigenvalue weighted by atomic mass is 10.1. The molecule has 1 heterocycles. The smallest absolute Gasteiger partial charge is 0.220 e. The third kappa shape index (κ3) is 4.66. The van der Waals surface area contributed by atoms with E-state index in [0.717, 1.165) is 23.7 Å². The number of rotatable bonds is 8. The lowest BCUT2D eigenvalue weighted by Crippen LogP contribution is -2.25. The predicted molar refractivity (Wildman–Crippen MR) is 90.9 cm³/mol. The summed E-state index contributed by atoms with van der Waals surface area (Å²) in [6, 6.07) is 7.80. The fourth-order valence-electron chi connectivity index (χ4n) is 2.33. The van der Waals surface area contributed by atoms with Gasteiger partial charge in [0, 0.05) is 13.0 Å². The van der Waals surface area contributed by atoms with E-state index in [9.17, 15) is 4.79 Å². The SMILES string of the molecule is CCOc1ccccc1CCC(=O)NCc1n[nH]c(=S)n1CC. The molecule has 0 aliphatic rings. The van der Waals surface area contributed by atoms with Crippen LogP contribution in [-0.2, 0) is 24.3 Å². The molecular formula is C16H22N4O2S. The van der Waals surface area contributed by atoms with Crippen molar-refractivity contribution in [1.29, 1.82) is 0 Å². The first-order chi connectivity index (χ1) is 11.2. The zero-order valence-corrected chi connectivity index (χ0v) is 14.3. The molecule has 1 amide bonds. The van der Waals surface area contributed by atoms with Crippen LogP contribution in [0.2, 0.25) is 0 Å². The highest BCUT2D eigenvalue weighted by Gasteiger charge is 2.09. The molecule has 2 aromatic rings. The van der Waals surface area contributed by atoms with Gasteiger partial charge in [0.2, 0.25) is 5.91 Å². The van der Waals surface area contributed by atoms with Crippen LogP contribution in [0.5, 0.6) is 5.75 Å². The van der Waals surface area contributed by atoms with Gasteiger partial charge in [0.05, 0.1) is 13.2 Å². The maximum atomic E-state index is 12.0. The topological polar surface area (TPSA) is 71.9 Å². The van der Waals surface area contributed by atoms with E-state index in [1.165, 1.54) is 0 Å². The van der Waals surface area contributed by atoms with E-state index in [-0.39, 0.29) is 5.91 Å². The quantitative estimate of drug-likeness (QED) is 0.728. The average molecular weight is 334 g/mol. The van der Waals surface area contributed by atoms with Crippen LogP contribution in [-0.4, -0.2) is 27.3 Å². The van der Waals surface area contributed by atoms with Gasteiger partial charge >= 0.3 is 0 Å². The number of ether oxygens (including phenoxy) is 1. The van der Waals surface area contributed by atoms with Gasteiger partial charge in [-0.05, 0) is 44.1 Å². The highest BCUT2D eigenvalue weighted by Crippen LogP contribution is 2.19. The number of H-pyrrole nitrogens is 1. The van der Waals surface area contributed by atoms with Crippen LogP contribution in [0.25, 0.3) is 0 Å². The second-order valence-electron chi connectivity index (χ2n) is 5.01. The van der Waals surface area contributed by atoms with Crippen molar-refractivity contribution in [3.8, 4) is 5.75 Å². The summed E-state index contributed by atoms with van der Waals surface area (Å²) in [7, 11) is 0. The Balaban J connectivity index is 1.87. The molecule has 2 rings (SSSR count). The van der Waals surface area contributed by atoms with Gasteiger partial charge in [-0.3, -0.25) is 9.89 Å². The summed E-state index contributed by atoms with van der Waals surface area (Å²) in [4.78, 5) is 12.0. The number of carbonyl (C=O) groups is 1. The van der Waals surface area contributed by atoms with Gasteiger partial charge < -0.3 is 14.6 Å². The van der Waals surface area contributed by atoms with Crippen LogP contribution in [0.15, 0.2) is 24.3 Å². The number of amides is 1. The second kappa shape index (κ2) is 8.47.